The van der Waals surface area contributed by atoms with Crippen LogP contribution in [0.25, 0.3) is 0 Å². The van der Waals surface area contributed by atoms with Crippen LogP contribution in [0.5, 0.6) is 0 Å². The van der Waals surface area contributed by atoms with Crippen molar-refractivity contribution in [2.75, 3.05) is 6.54 Å². The molecule has 0 aromatic heterocycles. The zero-order chi connectivity index (χ0) is 21.6. The second kappa shape index (κ2) is 7.97. The Morgan fingerprint density at radius 1 is 1.03 bits per heavy atom. The van der Waals surface area contributed by atoms with Gasteiger partial charge in [-0.1, -0.05) is 46.0 Å². The number of hydrogen-bond donors (Lipinski definition) is 2. The van der Waals surface area contributed by atoms with E-state index in [-0.39, 0.29) is 23.1 Å². The Bertz CT molecular complexity index is 738. The van der Waals surface area contributed by atoms with Crippen molar-refractivity contribution < 1.29 is 24.3 Å². The molecule has 0 bridgehead atoms. The summed E-state index contributed by atoms with van der Waals surface area (Å²) in [5.74, 6) is -1.72. The van der Waals surface area contributed by atoms with Gasteiger partial charge in [-0.15, -0.1) is 0 Å². The third kappa shape index (κ3) is 4.12. The van der Waals surface area contributed by atoms with E-state index in [4.69, 9.17) is 5.11 Å². The number of hydrogen-bond acceptors (Lipinski definition) is 4. The zero-order valence-corrected chi connectivity index (χ0v) is 18.1. The molecule has 1 saturated heterocycles. The summed E-state index contributed by atoms with van der Waals surface area (Å²) in [6, 6.07) is -1.59. The van der Waals surface area contributed by atoms with Gasteiger partial charge in [0.2, 0.25) is 11.8 Å². The van der Waals surface area contributed by atoms with Gasteiger partial charge in [-0.3, -0.25) is 14.4 Å². The highest BCUT2D eigenvalue weighted by atomic mass is 16.4. The Kier molecular flexibility index (Phi) is 5.66. The Labute approximate surface area is 177 Å². The summed E-state index contributed by atoms with van der Waals surface area (Å²) < 4.78 is 0. The lowest BCUT2D eigenvalue weighted by atomic mass is 9.86. The first kappa shape index (κ1) is 21.3. The fourth-order valence-corrected chi connectivity index (χ4v) is 5.92. The van der Waals surface area contributed by atoms with E-state index in [1.165, 1.54) is 19.3 Å². The quantitative estimate of drug-likeness (QED) is 0.589. The number of rotatable bonds is 8. The van der Waals surface area contributed by atoms with E-state index >= 15 is 0 Å². The average molecular weight is 419 g/mol. The minimum absolute atomic E-state index is 0.00752. The van der Waals surface area contributed by atoms with Gasteiger partial charge in [-0.05, 0) is 48.3 Å². The molecule has 7 heteroatoms. The van der Waals surface area contributed by atoms with E-state index in [0.717, 1.165) is 25.7 Å². The second-order valence-corrected chi connectivity index (χ2v) is 10.6. The third-order valence-corrected chi connectivity index (χ3v) is 8.10. The summed E-state index contributed by atoms with van der Waals surface area (Å²) in [6.07, 6.45) is 8.51. The van der Waals surface area contributed by atoms with Crippen LogP contribution in [-0.2, 0) is 19.2 Å². The molecule has 0 aromatic rings. The summed E-state index contributed by atoms with van der Waals surface area (Å²) in [7, 11) is 0. The number of carboxylic acid groups (broad SMARTS) is 1. The maximum Gasteiger partial charge on any atom is 0.374 e. The third-order valence-electron chi connectivity index (χ3n) is 8.10. The highest BCUT2D eigenvalue weighted by Crippen LogP contribution is 2.65. The minimum Gasteiger partial charge on any atom is -0.475 e. The largest absolute Gasteiger partial charge is 0.475 e. The molecule has 0 spiro atoms. The van der Waals surface area contributed by atoms with Crippen LogP contribution < -0.4 is 5.32 Å². The molecule has 7 nitrogen and oxygen atoms in total. The smallest absolute Gasteiger partial charge is 0.374 e. The van der Waals surface area contributed by atoms with Crippen molar-refractivity contribution in [1.82, 2.24) is 10.2 Å². The Morgan fingerprint density at radius 2 is 1.70 bits per heavy atom. The normalized spacial score (nSPS) is 31.0. The van der Waals surface area contributed by atoms with Crippen LogP contribution in [0.15, 0.2) is 0 Å². The second-order valence-electron chi connectivity index (χ2n) is 10.6. The molecule has 0 radical (unpaired) electrons. The summed E-state index contributed by atoms with van der Waals surface area (Å²) in [6.45, 7) is 4.83. The molecule has 4 rings (SSSR count). The topological polar surface area (TPSA) is 104 Å². The molecular weight excluding hydrogens is 384 g/mol. The molecule has 1 aliphatic heterocycles. The monoisotopic (exact) mass is 418 g/mol. The van der Waals surface area contributed by atoms with Gasteiger partial charge in [0.15, 0.2) is 0 Å². The molecule has 4 fully saturated rings. The number of fused-ring (bicyclic) bond motifs is 1. The number of ketones is 1. The number of carbonyl (C=O) groups excluding carboxylic acids is 3. The van der Waals surface area contributed by atoms with Gasteiger partial charge in [-0.2, -0.15) is 0 Å². The standard InChI is InChI=1S/C23H34N2O5/c1-23(2)15-12-25(17(26)11-13-6-4-3-5-7-13)19(18(15)23)21(28)24-16(10-14-8-9-14)20(27)22(29)30/h13-16,18-19H,3-12H2,1-2H3,(H,24,28)(H,29,30)/t15?,16?,18?,19-/m0/s1. The lowest BCUT2D eigenvalue weighted by Gasteiger charge is -2.32. The van der Waals surface area contributed by atoms with Crippen molar-refractivity contribution in [3.63, 3.8) is 0 Å². The number of Topliss-reactive ketones (excluding diaryl/α,β-unsaturated/α-hetero) is 1. The minimum atomic E-state index is -1.51. The van der Waals surface area contributed by atoms with Crippen LogP contribution in [0.4, 0.5) is 0 Å². The van der Waals surface area contributed by atoms with Crippen molar-refractivity contribution >= 4 is 23.6 Å². The molecule has 4 atom stereocenters. The van der Waals surface area contributed by atoms with Crippen LogP contribution in [0.2, 0.25) is 0 Å². The summed E-state index contributed by atoms with van der Waals surface area (Å²) >= 11 is 0. The number of amides is 2. The molecule has 4 aliphatic rings. The number of nitrogens with one attached hydrogen (secondary N) is 1. The zero-order valence-electron chi connectivity index (χ0n) is 18.1. The molecule has 0 aromatic carbocycles. The molecule has 166 valence electrons. The van der Waals surface area contributed by atoms with E-state index in [1.54, 1.807) is 4.90 Å². The lowest BCUT2D eigenvalue weighted by molar-refractivity contribution is -0.151. The van der Waals surface area contributed by atoms with Crippen molar-refractivity contribution in [2.45, 2.75) is 83.7 Å². The van der Waals surface area contributed by atoms with Crippen LogP contribution in [0.1, 0.15) is 71.6 Å². The average Bonchev–Trinajstić information content (AvgIpc) is 3.54. The summed E-state index contributed by atoms with van der Waals surface area (Å²) in [4.78, 5) is 51.5. The molecule has 2 N–H and O–H groups in total. The van der Waals surface area contributed by atoms with E-state index in [2.05, 4.69) is 19.2 Å². The first-order valence-electron chi connectivity index (χ1n) is 11.6. The predicted octanol–water partition coefficient (Wildman–Crippen LogP) is 2.38. The fourth-order valence-electron chi connectivity index (χ4n) is 5.92. The SMILES string of the molecule is CC1(C)C2CN(C(=O)CC3CCCCC3)[C@H](C(=O)NC(CC3CC3)C(=O)C(=O)O)C21. The van der Waals surface area contributed by atoms with Gasteiger partial charge in [0, 0.05) is 13.0 Å². The lowest BCUT2D eigenvalue weighted by Crippen LogP contribution is -2.54. The molecule has 3 aliphatic carbocycles. The number of carboxylic acids is 1. The molecule has 2 amide bonds. The van der Waals surface area contributed by atoms with Gasteiger partial charge in [0.05, 0.1) is 6.04 Å². The van der Waals surface area contributed by atoms with Crippen LogP contribution in [0.3, 0.4) is 0 Å². The number of likely N-dealkylation sites (tertiary alicyclic amines) is 1. The van der Waals surface area contributed by atoms with Crippen molar-refractivity contribution in [3.8, 4) is 0 Å². The molecular formula is C23H34N2O5. The van der Waals surface area contributed by atoms with Crippen molar-refractivity contribution in [1.29, 1.82) is 0 Å². The highest BCUT2D eigenvalue weighted by molar-refractivity contribution is 6.35. The van der Waals surface area contributed by atoms with Crippen LogP contribution in [-0.4, -0.2) is 52.2 Å². The fraction of sp³-hybridized carbons (Fsp3) is 0.826. The Morgan fingerprint density at radius 3 is 2.30 bits per heavy atom. The predicted molar refractivity (Wildman–Crippen MR) is 109 cm³/mol. The van der Waals surface area contributed by atoms with E-state index in [1.807, 2.05) is 0 Å². The maximum absolute atomic E-state index is 13.3. The number of carbonyl (C=O) groups is 4. The van der Waals surface area contributed by atoms with Crippen molar-refractivity contribution in [2.24, 2.45) is 29.1 Å². The van der Waals surface area contributed by atoms with Crippen LogP contribution >= 0.6 is 0 Å². The van der Waals surface area contributed by atoms with Gasteiger partial charge in [0.25, 0.3) is 5.78 Å². The van der Waals surface area contributed by atoms with Gasteiger partial charge < -0.3 is 15.3 Å². The van der Waals surface area contributed by atoms with E-state index in [0.29, 0.717) is 37.1 Å². The van der Waals surface area contributed by atoms with Gasteiger partial charge in [0.1, 0.15) is 6.04 Å². The van der Waals surface area contributed by atoms with E-state index < -0.39 is 23.8 Å². The Balaban J connectivity index is 1.46. The van der Waals surface area contributed by atoms with E-state index in [9.17, 15) is 19.2 Å². The number of nitrogens with zero attached hydrogens (tertiary/aromatic N) is 1. The maximum atomic E-state index is 13.3. The number of piperidine rings is 1. The van der Waals surface area contributed by atoms with Gasteiger partial charge in [-0.25, -0.2) is 4.79 Å². The summed E-state index contributed by atoms with van der Waals surface area (Å²) in [5.41, 5.74) is -0.00752. The molecule has 3 saturated carbocycles. The molecule has 30 heavy (non-hydrogen) atoms. The molecule has 1 heterocycles. The molecule has 3 unspecified atom stereocenters. The first-order chi connectivity index (χ1) is 14.2. The van der Waals surface area contributed by atoms with Crippen molar-refractivity contribution in [3.05, 3.63) is 0 Å². The number of aliphatic carboxylic acids is 1. The highest BCUT2D eigenvalue weighted by Gasteiger charge is 2.69. The Hall–Kier alpha value is -1.92. The summed E-state index contributed by atoms with van der Waals surface area (Å²) in [5, 5.41) is 11.9. The van der Waals surface area contributed by atoms with Crippen LogP contribution in [0, 0.1) is 29.1 Å². The van der Waals surface area contributed by atoms with Gasteiger partial charge >= 0.3 is 5.97 Å². The first-order valence-corrected chi connectivity index (χ1v) is 11.6.